The Kier molecular flexibility index (Phi) is 9.24. The number of carbonyl (C=O) groups excluding carboxylic acids is 1. The lowest BCUT2D eigenvalue weighted by Crippen LogP contribution is -2.43. The summed E-state index contributed by atoms with van der Waals surface area (Å²) in [6, 6.07) is 5.21. The molecule has 0 fully saturated rings. The van der Waals surface area contributed by atoms with E-state index in [0.717, 1.165) is 5.56 Å². The minimum Gasteiger partial charge on any atom is -0.480 e. The first-order valence-corrected chi connectivity index (χ1v) is 6.91. The summed E-state index contributed by atoms with van der Waals surface area (Å²) in [6.45, 7) is -1.13. The van der Waals surface area contributed by atoms with Crippen molar-refractivity contribution >= 4 is 24.3 Å². The molecule has 1 unspecified atom stereocenters. The largest absolute Gasteiger partial charge is 0.480 e. The van der Waals surface area contributed by atoms with Crippen LogP contribution in [-0.2, 0) is 16.1 Å². The minimum absolute atomic E-state index is 0. The fraction of sp³-hybridized carbons (Fsp3) is 0.467. The number of hydrogen-bond acceptors (Lipinski definition) is 4. The van der Waals surface area contributed by atoms with E-state index in [1.807, 2.05) is 0 Å². The maximum Gasteiger partial charge on any atom is 0.387 e. The van der Waals surface area contributed by atoms with Crippen LogP contribution in [0.2, 0.25) is 0 Å². The van der Waals surface area contributed by atoms with Crippen molar-refractivity contribution in [2.45, 2.75) is 26.1 Å². The zero-order chi connectivity index (χ0) is 17.6. The summed E-state index contributed by atoms with van der Waals surface area (Å²) >= 11 is 0. The number of likely N-dealkylation sites (N-methyl/N-ethyl adjacent to an activating group) is 2. The zero-order valence-electron chi connectivity index (χ0n) is 13.6. The van der Waals surface area contributed by atoms with E-state index in [1.54, 1.807) is 26.2 Å². The summed E-state index contributed by atoms with van der Waals surface area (Å²) in [4.78, 5) is 25.8. The summed E-state index contributed by atoms with van der Waals surface area (Å²) in [5.74, 6) is -1.20. The number of nitrogens with zero attached hydrogens (tertiary/aromatic N) is 2. The van der Waals surface area contributed by atoms with Crippen molar-refractivity contribution in [3.8, 4) is 5.75 Å². The number of ether oxygens (including phenoxy) is 1. The molecule has 0 saturated carbocycles. The van der Waals surface area contributed by atoms with Crippen LogP contribution in [0.1, 0.15) is 12.5 Å². The highest BCUT2D eigenvalue weighted by Gasteiger charge is 2.20. The van der Waals surface area contributed by atoms with E-state index in [2.05, 4.69) is 4.74 Å². The highest BCUT2D eigenvalue weighted by molar-refractivity contribution is 5.85. The number of carbonyl (C=O) groups is 2. The fourth-order valence-corrected chi connectivity index (χ4v) is 1.80. The lowest BCUT2D eigenvalue weighted by molar-refractivity contribution is -0.143. The van der Waals surface area contributed by atoms with Gasteiger partial charge in [-0.1, -0.05) is 12.1 Å². The number of amides is 1. The quantitative estimate of drug-likeness (QED) is 0.762. The van der Waals surface area contributed by atoms with E-state index in [0.29, 0.717) is 0 Å². The van der Waals surface area contributed by atoms with Gasteiger partial charge < -0.3 is 14.7 Å². The first-order chi connectivity index (χ1) is 10.7. The molecule has 1 aromatic carbocycles. The highest BCUT2D eigenvalue weighted by Crippen LogP contribution is 2.15. The third-order valence-electron chi connectivity index (χ3n) is 3.40. The molecule has 0 aromatic heterocycles. The van der Waals surface area contributed by atoms with Crippen LogP contribution >= 0.6 is 12.4 Å². The number of halogens is 3. The van der Waals surface area contributed by atoms with Crippen molar-refractivity contribution in [3.63, 3.8) is 0 Å². The van der Waals surface area contributed by atoms with Gasteiger partial charge in [0.1, 0.15) is 11.8 Å². The topological polar surface area (TPSA) is 70.1 Å². The molecule has 24 heavy (non-hydrogen) atoms. The molecule has 1 amide bonds. The molecular formula is C15H21ClF2N2O4. The van der Waals surface area contributed by atoms with Gasteiger partial charge in [0.25, 0.3) is 0 Å². The van der Waals surface area contributed by atoms with Crippen LogP contribution in [0.5, 0.6) is 5.75 Å². The van der Waals surface area contributed by atoms with Gasteiger partial charge in [-0.3, -0.25) is 14.5 Å². The Bertz CT molecular complexity index is 543. The lowest BCUT2D eigenvalue weighted by atomic mass is 10.2. The molecule has 9 heteroatoms. The summed E-state index contributed by atoms with van der Waals surface area (Å²) in [5.41, 5.74) is 0.747. The summed E-state index contributed by atoms with van der Waals surface area (Å²) in [5, 5.41) is 8.90. The molecule has 0 spiro atoms. The van der Waals surface area contributed by atoms with Gasteiger partial charge in [0.2, 0.25) is 5.91 Å². The first-order valence-electron chi connectivity index (χ1n) is 6.91. The van der Waals surface area contributed by atoms with Gasteiger partial charge in [-0.2, -0.15) is 8.78 Å². The summed E-state index contributed by atoms with van der Waals surface area (Å²) in [7, 11) is 3.15. The van der Waals surface area contributed by atoms with Crippen LogP contribution in [-0.4, -0.2) is 60.1 Å². The Morgan fingerprint density at radius 2 is 1.75 bits per heavy atom. The fourth-order valence-electron chi connectivity index (χ4n) is 1.80. The number of carboxylic acids is 1. The van der Waals surface area contributed by atoms with Crippen molar-refractivity contribution in [2.24, 2.45) is 0 Å². The lowest BCUT2D eigenvalue weighted by Gasteiger charge is -2.24. The van der Waals surface area contributed by atoms with Gasteiger partial charge in [-0.15, -0.1) is 12.4 Å². The van der Waals surface area contributed by atoms with Gasteiger partial charge in [-0.25, -0.2) is 0 Å². The molecule has 1 aromatic rings. The molecule has 136 valence electrons. The molecule has 0 aliphatic carbocycles. The molecule has 0 heterocycles. The third kappa shape index (κ3) is 7.10. The van der Waals surface area contributed by atoms with Crippen molar-refractivity contribution < 1.29 is 28.2 Å². The Labute approximate surface area is 145 Å². The van der Waals surface area contributed by atoms with Crippen molar-refractivity contribution in [1.29, 1.82) is 0 Å². The molecule has 0 bridgehead atoms. The average Bonchev–Trinajstić information content (AvgIpc) is 2.47. The van der Waals surface area contributed by atoms with Crippen LogP contribution in [0.3, 0.4) is 0 Å². The second-order valence-electron chi connectivity index (χ2n) is 5.20. The normalized spacial score (nSPS) is 11.8. The zero-order valence-corrected chi connectivity index (χ0v) is 14.4. The van der Waals surface area contributed by atoms with E-state index in [9.17, 15) is 18.4 Å². The third-order valence-corrected chi connectivity index (χ3v) is 3.40. The van der Waals surface area contributed by atoms with Crippen LogP contribution in [0.25, 0.3) is 0 Å². The van der Waals surface area contributed by atoms with E-state index >= 15 is 0 Å². The molecule has 1 atom stereocenters. The second kappa shape index (κ2) is 10.0. The molecule has 0 radical (unpaired) electrons. The standard InChI is InChI=1S/C15H20F2N2O4.ClH/c1-10(14(21)22)18(2)9-13(20)19(3)8-11-4-6-12(7-5-11)23-15(16)17;/h4-7,10,15H,8-9H2,1-3H3,(H,21,22);1H. The Hall–Kier alpha value is -1.93. The molecule has 1 N–H and O–H groups in total. The van der Waals surface area contributed by atoms with Gasteiger partial charge in [0.05, 0.1) is 6.54 Å². The molecule has 0 saturated heterocycles. The monoisotopic (exact) mass is 366 g/mol. The van der Waals surface area contributed by atoms with Crippen molar-refractivity contribution in [3.05, 3.63) is 29.8 Å². The molecule has 0 aliphatic heterocycles. The summed E-state index contributed by atoms with van der Waals surface area (Å²) < 4.78 is 28.4. The second-order valence-corrected chi connectivity index (χ2v) is 5.20. The summed E-state index contributed by atoms with van der Waals surface area (Å²) in [6.07, 6.45) is 0. The maximum absolute atomic E-state index is 12.1. The Morgan fingerprint density at radius 3 is 2.21 bits per heavy atom. The Balaban J connectivity index is 0.00000529. The maximum atomic E-state index is 12.1. The molecule has 1 rings (SSSR count). The van der Waals surface area contributed by atoms with E-state index < -0.39 is 18.6 Å². The predicted octanol–water partition coefficient (Wildman–Crippen LogP) is 2.07. The number of aliphatic carboxylic acids is 1. The van der Waals surface area contributed by atoms with Gasteiger partial charge >= 0.3 is 12.6 Å². The number of benzene rings is 1. The number of carboxylic acid groups (broad SMARTS) is 1. The van der Waals surface area contributed by atoms with Crippen LogP contribution in [0.4, 0.5) is 8.78 Å². The van der Waals surface area contributed by atoms with Crippen LogP contribution < -0.4 is 4.74 Å². The van der Waals surface area contributed by atoms with Crippen LogP contribution in [0.15, 0.2) is 24.3 Å². The minimum atomic E-state index is -2.88. The number of rotatable bonds is 8. The predicted molar refractivity (Wildman–Crippen MR) is 86.5 cm³/mol. The first kappa shape index (κ1) is 22.1. The van der Waals surface area contributed by atoms with Crippen LogP contribution in [0, 0.1) is 0 Å². The highest BCUT2D eigenvalue weighted by atomic mass is 35.5. The van der Waals surface area contributed by atoms with E-state index in [4.69, 9.17) is 5.11 Å². The average molecular weight is 367 g/mol. The molecule has 0 aliphatic rings. The van der Waals surface area contributed by atoms with Crippen molar-refractivity contribution in [1.82, 2.24) is 9.80 Å². The van der Waals surface area contributed by atoms with Gasteiger partial charge in [0.15, 0.2) is 0 Å². The van der Waals surface area contributed by atoms with E-state index in [1.165, 1.54) is 28.9 Å². The SMILES string of the molecule is CC(C(=O)O)N(C)CC(=O)N(C)Cc1ccc(OC(F)F)cc1.Cl. The Morgan fingerprint density at radius 1 is 1.21 bits per heavy atom. The van der Waals surface area contributed by atoms with Crippen molar-refractivity contribution in [2.75, 3.05) is 20.6 Å². The van der Waals surface area contributed by atoms with E-state index in [-0.39, 0.29) is 37.2 Å². The number of alkyl halides is 2. The van der Waals surface area contributed by atoms with Gasteiger partial charge in [0, 0.05) is 13.6 Å². The molecule has 6 nitrogen and oxygen atoms in total. The number of hydrogen-bond donors (Lipinski definition) is 1. The molecular weight excluding hydrogens is 346 g/mol. The van der Waals surface area contributed by atoms with Gasteiger partial charge in [-0.05, 0) is 31.7 Å². The smallest absolute Gasteiger partial charge is 0.387 e.